The highest BCUT2D eigenvalue weighted by Gasteiger charge is 2.13. The van der Waals surface area contributed by atoms with Crippen LogP contribution in [0.4, 0.5) is 11.4 Å². The summed E-state index contributed by atoms with van der Waals surface area (Å²) in [6.45, 7) is 0. The van der Waals surface area contributed by atoms with Crippen molar-refractivity contribution in [2.24, 2.45) is 0 Å². The fourth-order valence-corrected chi connectivity index (χ4v) is 2.47. The number of hydrogen-bond acceptors (Lipinski definition) is 5. The Bertz CT molecular complexity index is 1100. The number of benzene rings is 2. The third kappa shape index (κ3) is 3.62. The topological polar surface area (TPSA) is 102 Å². The van der Waals surface area contributed by atoms with Crippen molar-refractivity contribution in [1.29, 1.82) is 0 Å². The van der Waals surface area contributed by atoms with E-state index in [2.05, 4.69) is 5.32 Å². The number of amides is 1. The number of anilines is 1. The molecule has 3 rings (SSSR count). The lowest BCUT2D eigenvalue weighted by Crippen LogP contribution is -2.09. The van der Waals surface area contributed by atoms with Gasteiger partial charge in [0.1, 0.15) is 16.9 Å². The molecule has 0 saturated carbocycles. The average molecular weight is 371 g/mol. The molecule has 8 heteroatoms. The van der Waals surface area contributed by atoms with E-state index in [1.807, 2.05) is 0 Å². The summed E-state index contributed by atoms with van der Waals surface area (Å²) in [6, 6.07) is 10.7. The molecular weight excluding hydrogens is 360 g/mol. The molecule has 0 bridgehead atoms. The van der Waals surface area contributed by atoms with Crippen LogP contribution in [-0.4, -0.2) is 10.8 Å². The van der Waals surface area contributed by atoms with Crippen LogP contribution in [0.15, 0.2) is 64.0 Å². The number of rotatable bonds is 4. The lowest BCUT2D eigenvalue weighted by atomic mass is 10.1. The van der Waals surface area contributed by atoms with E-state index in [-0.39, 0.29) is 27.4 Å². The Morgan fingerprint density at radius 3 is 2.77 bits per heavy atom. The summed E-state index contributed by atoms with van der Waals surface area (Å²) in [4.78, 5) is 34.5. The van der Waals surface area contributed by atoms with Crippen LogP contribution in [0.25, 0.3) is 17.0 Å². The van der Waals surface area contributed by atoms with E-state index in [1.54, 1.807) is 24.3 Å². The molecule has 0 unspecified atom stereocenters. The first-order valence-corrected chi connectivity index (χ1v) is 7.77. The van der Waals surface area contributed by atoms with Crippen molar-refractivity contribution in [2.75, 3.05) is 5.32 Å². The van der Waals surface area contributed by atoms with E-state index in [1.165, 1.54) is 24.5 Å². The summed E-state index contributed by atoms with van der Waals surface area (Å²) in [6.07, 6.45) is 3.72. The minimum Gasteiger partial charge on any atom is -0.463 e. The van der Waals surface area contributed by atoms with E-state index in [0.29, 0.717) is 11.0 Å². The first-order chi connectivity index (χ1) is 12.5. The fraction of sp³-hybridized carbons (Fsp3) is 0. The van der Waals surface area contributed by atoms with Crippen LogP contribution in [0.3, 0.4) is 0 Å². The maximum atomic E-state index is 12.3. The number of carbonyl (C=O) groups excluding carboxylic acids is 1. The number of para-hydroxylation sites is 1. The predicted molar refractivity (Wildman–Crippen MR) is 98.3 cm³/mol. The molecule has 0 atom stereocenters. The van der Waals surface area contributed by atoms with Crippen molar-refractivity contribution < 1.29 is 14.1 Å². The van der Waals surface area contributed by atoms with Gasteiger partial charge in [0.2, 0.25) is 5.91 Å². The molecule has 0 saturated heterocycles. The van der Waals surface area contributed by atoms with Crippen molar-refractivity contribution >= 4 is 45.9 Å². The van der Waals surface area contributed by atoms with Gasteiger partial charge in [-0.1, -0.05) is 23.7 Å². The first-order valence-electron chi connectivity index (χ1n) is 7.39. The second-order valence-corrected chi connectivity index (χ2v) is 5.67. The molecule has 1 heterocycles. The summed E-state index contributed by atoms with van der Waals surface area (Å²) < 4.78 is 5.36. The lowest BCUT2D eigenvalue weighted by Gasteiger charge is -2.03. The number of nitro benzene ring substituents is 1. The minimum absolute atomic E-state index is 0.0303. The maximum Gasteiger partial charge on any atom is 0.289 e. The molecule has 0 radical (unpaired) electrons. The molecule has 3 aromatic rings. The van der Waals surface area contributed by atoms with Gasteiger partial charge in [-0.25, -0.2) is 0 Å². The largest absolute Gasteiger partial charge is 0.463 e. The Kier molecular flexibility index (Phi) is 4.81. The quantitative estimate of drug-likeness (QED) is 0.424. The average Bonchev–Trinajstić information content (AvgIpc) is 2.63. The van der Waals surface area contributed by atoms with Gasteiger partial charge in [-0.15, -0.1) is 0 Å². The molecule has 1 aromatic heterocycles. The molecule has 7 nitrogen and oxygen atoms in total. The SMILES string of the molecule is O=C(/C=C/c1coc2ccccc2c1=O)Nc1ccc(Cl)c([N+](=O)[O-])c1. The molecule has 26 heavy (non-hydrogen) atoms. The third-order valence-electron chi connectivity index (χ3n) is 3.53. The third-order valence-corrected chi connectivity index (χ3v) is 3.85. The molecular formula is C18H11ClN2O5. The van der Waals surface area contributed by atoms with Crippen molar-refractivity contribution in [3.63, 3.8) is 0 Å². The Labute approximate surface area is 151 Å². The van der Waals surface area contributed by atoms with Crippen LogP contribution in [0.2, 0.25) is 5.02 Å². The molecule has 130 valence electrons. The minimum atomic E-state index is -0.645. The van der Waals surface area contributed by atoms with E-state index in [9.17, 15) is 19.7 Å². The van der Waals surface area contributed by atoms with Gasteiger partial charge in [0.15, 0.2) is 5.43 Å². The summed E-state index contributed by atoms with van der Waals surface area (Å²) in [5.41, 5.74) is 0.288. The van der Waals surface area contributed by atoms with Crippen LogP contribution in [0, 0.1) is 10.1 Å². The van der Waals surface area contributed by atoms with E-state index in [4.69, 9.17) is 16.0 Å². The highest BCUT2D eigenvalue weighted by Crippen LogP contribution is 2.27. The standard InChI is InChI=1S/C18H11ClN2O5/c19-14-7-6-12(9-15(14)21(24)25)20-17(22)8-5-11-10-26-16-4-2-1-3-13(16)18(11)23/h1-10H,(H,20,22)/b8-5+. The lowest BCUT2D eigenvalue weighted by molar-refractivity contribution is -0.384. The van der Waals surface area contributed by atoms with Gasteiger partial charge in [-0.3, -0.25) is 19.7 Å². The number of fused-ring (bicyclic) bond motifs is 1. The zero-order chi connectivity index (χ0) is 18.7. The van der Waals surface area contributed by atoms with Gasteiger partial charge in [0, 0.05) is 17.8 Å². The van der Waals surface area contributed by atoms with Crippen molar-refractivity contribution in [3.8, 4) is 0 Å². The molecule has 0 aliphatic rings. The molecule has 1 N–H and O–H groups in total. The number of nitrogens with zero attached hydrogens (tertiary/aromatic N) is 1. The number of nitrogens with one attached hydrogen (secondary N) is 1. The van der Waals surface area contributed by atoms with E-state index < -0.39 is 10.8 Å². The van der Waals surface area contributed by atoms with Crippen molar-refractivity contribution in [2.45, 2.75) is 0 Å². The van der Waals surface area contributed by atoms with Crippen LogP contribution in [-0.2, 0) is 4.79 Å². The molecule has 0 fully saturated rings. The van der Waals surface area contributed by atoms with Gasteiger partial charge < -0.3 is 9.73 Å². The highest BCUT2D eigenvalue weighted by atomic mass is 35.5. The Hall–Kier alpha value is -3.45. The molecule has 2 aromatic carbocycles. The van der Waals surface area contributed by atoms with Crippen molar-refractivity contribution in [1.82, 2.24) is 0 Å². The molecule has 1 amide bonds. The first kappa shape index (κ1) is 17.4. The molecule has 0 aliphatic carbocycles. The maximum absolute atomic E-state index is 12.3. The second kappa shape index (κ2) is 7.20. The smallest absolute Gasteiger partial charge is 0.289 e. The van der Waals surface area contributed by atoms with E-state index in [0.717, 1.165) is 12.1 Å². The summed E-state index contributed by atoms with van der Waals surface area (Å²) in [5, 5.41) is 13.7. The summed E-state index contributed by atoms with van der Waals surface area (Å²) >= 11 is 5.72. The van der Waals surface area contributed by atoms with Gasteiger partial charge in [0.05, 0.1) is 15.9 Å². The monoisotopic (exact) mass is 370 g/mol. The van der Waals surface area contributed by atoms with Crippen LogP contribution in [0.1, 0.15) is 5.56 Å². The fourth-order valence-electron chi connectivity index (χ4n) is 2.29. The van der Waals surface area contributed by atoms with E-state index >= 15 is 0 Å². The number of carbonyl (C=O) groups is 1. The van der Waals surface area contributed by atoms with Gasteiger partial charge in [-0.05, 0) is 30.3 Å². The second-order valence-electron chi connectivity index (χ2n) is 5.26. The zero-order valence-electron chi connectivity index (χ0n) is 13.1. The molecule has 0 spiro atoms. The Morgan fingerprint density at radius 2 is 2.00 bits per heavy atom. The van der Waals surface area contributed by atoms with Crippen molar-refractivity contribution in [3.05, 3.63) is 85.7 Å². The Balaban J connectivity index is 1.80. The normalized spacial score (nSPS) is 11.0. The van der Waals surface area contributed by atoms with Crippen LogP contribution < -0.4 is 10.7 Å². The Morgan fingerprint density at radius 1 is 1.23 bits per heavy atom. The zero-order valence-corrected chi connectivity index (χ0v) is 13.9. The van der Waals surface area contributed by atoms with Gasteiger partial charge >= 0.3 is 0 Å². The summed E-state index contributed by atoms with van der Waals surface area (Å²) in [7, 11) is 0. The highest BCUT2D eigenvalue weighted by molar-refractivity contribution is 6.32. The number of hydrogen-bond donors (Lipinski definition) is 1. The van der Waals surface area contributed by atoms with Crippen LogP contribution >= 0.6 is 11.6 Å². The molecule has 0 aliphatic heterocycles. The van der Waals surface area contributed by atoms with Gasteiger partial charge in [-0.2, -0.15) is 0 Å². The summed E-state index contributed by atoms with van der Waals surface area (Å²) in [5.74, 6) is -0.561. The number of halogens is 1. The number of nitro groups is 1. The van der Waals surface area contributed by atoms with Gasteiger partial charge in [0.25, 0.3) is 5.69 Å². The predicted octanol–water partition coefficient (Wildman–Crippen LogP) is 4.01. The van der Waals surface area contributed by atoms with Crippen LogP contribution in [0.5, 0.6) is 0 Å².